The van der Waals surface area contributed by atoms with Crippen LogP contribution in [0.2, 0.25) is 0 Å². The van der Waals surface area contributed by atoms with Gasteiger partial charge in [0.2, 0.25) is 5.88 Å². The second-order valence-electron chi connectivity index (χ2n) is 0.797. The first-order valence-electron chi connectivity index (χ1n) is 1.40. The van der Waals surface area contributed by atoms with Crippen LogP contribution in [0.3, 0.4) is 0 Å². The first-order valence-corrected chi connectivity index (χ1v) is 2.28. The topological polar surface area (TPSA) is 33.1 Å². The predicted octanol–water partition coefficient (Wildman–Crippen LogP) is 0.649. The molecule has 0 aliphatic heterocycles. The van der Waals surface area contributed by atoms with Crippen LogP contribution < -0.4 is 0 Å². The van der Waals surface area contributed by atoms with Gasteiger partial charge in [0, 0.05) is 0 Å². The van der Waals surface area contributed by atoms with Crippen molar-refractivity contribution in [2.75, 3.05) is 0 Å². The first kappa shape index (κ1) is 3.61. The smallest absolute Gasteiger partial charge is 0.222 e. The van der Waals surface area contributed by atoms with Crippen molar-refractivity contribution in [3.63, 3.8) is 0 Å². The summed E-state index contributed by atoms with van der Waals surface area (Å²) in [6, 6.07) is 0. The number of hydrogen-bond acceptors (Lipinski definition) is 3. The zero-order chi connectivity index (χ0) is 4.41. The molecule has 3 heteroatoms. The molecule has 2 nitrogen and oxygen atoms in total. The molecule has 0 bridgehead atoms. The van der Waals surface area contributed by atoms with Crippen molar-refractivity contribution in [3.8, 4) is 5.88 Å². The standard InChI is InChI=1S/C3H2NOS/c5-3-1-6-2-4-3/h1,5H. The van der Waals surface area contributed by atoms with Gasteiger partial charge in [0.25, 0.3) is 0 Å². The summed E-state index contributed by atoms with van der Waals surface area (Å²) in [4.78, 5) is 3.37. The molecule has 0 aliphatic carbocycles. The van der Waals surface area contributed by atoms with Crippen molar-refractivity contribution < 1.29 is 5.11 Å². The quantitative estimate of drug-likeness (QED) is 0.519. The summed E-state index contributed by atoms with van der Waals surface area (Å²) in [5.41, 5.74) is 2.47. The molecule has 0 amide bonds. The molecule has 1 radical (unpaired) electrons. The Morgan fingerprint density at radius 2 is 2.83 bits per heavy atom. The van der Waals surface area contributed by atoms with Gasteiger partial charge in [-0.25, -0.2) is 0 Å². The minimum absolute atomic E-state index is 0.0556. The van der Waals surface area contributed by atoms with E-state index < -0.39 is 0 Å². The fourth-order valence-corrected chi connectivity index (χ4v) is 0.536. The van der Waals surface area contributed by atoms with Crippen LogP contribution in [0.1, 0.15) is 0 Å². The molecule has 0 fully saturated rings. The van der Waals surface area contributed by atoms with Gasteiger partial charge in [0.15, 0.2) is 5.51 Å². The Bertz CT molecular complexity index is 114. The Hall–Kier alpha value is -0.570. The molecule has 1 aromatic heterocycles. The highest BCUT2D eigenvalue weighted by molar-refractivity contribution is 7.07. The Morgan fingerprint density at radius 3 is 3.00 bits per heavy atom. The Labute approximate surface area is 39.1 Å². The van der Waals surface area contributed by atoms with Crippen LogP contribution in [-0.2, 0) is 0 Å². The molecule has 1 heterocycles. The molecule has 1 aromatic rings. The van der Waals surface area contributed by atoms with E-state index in [0.29, 0.717) is 0 Å². The molecule has 0 aliphatic rings. The van der Waals surface area contributed by atoms with Crippen molar-refractivity contribution in [1.29, 1.82) is 0 Å². The largest absolute Gasteiger partial charge is 0.493 e. The Balaban J connectivity index is 3.05. The molecular formula is C3H2NOS. The highest BCUT2D eigenvalue weighted by Gasteiger charge is 1.80. The highest BCUT2D eigenvalue weighted by atomic mass is 32.1. The minimum Gasteiger partial charge on any atom is -0.493 e. The predicted molar refractivity (Wildman–Crippen MR) is 22.6 cm³/mol. The van der Waals surface area contributed by atoms with Crippen LogP contribution in [0, 0.1) is 5.51 Å². The summed E-state index contributed by atoms with van der Waals surface area (Å²) in [5, 5.41) is 9.85. The Kier molecular flexibility index (Phi) is 0.759. The third kappa shape index (κ3) is 0.490. The molecule has 1 rings (SSSR count). The van der Waals surface area contributed by atoms with Gasteiger partial charge in [0.1, 0.15) is 0 Å². The maximum absolute atomic E-state index is 8.34. The summed E-state index contributed by atoms with van der Waals surface area (Å²) in [7, 11) is 0. The summed E-state index contributed by atoms with van der Waals surface area (Å²) in [6.07, 6.45) is 0. The van der Waals surface area contributed by atoms with E-state index in [2.05, 4.69) is 10.5 Å². The Morgan fingerprint density at radius 1 is 2.00 bits per heavy atom. The van der Waals surface area contributed by atoms with Crippen LogP contribution in [0.15, 0.2) is 5.38 Å². The normalized spacial score (nSPS) is 8.67. The van der Waals surface area contributed by atoms with Gasteiger partial charge in [-0.2, -0.15) is 4.98 Å². The summed E-state index contributed by atoms with van der Waals surface area (Å²) in [5.74, 6) is 0.0556. The lowest BCUT2D eigenvalue weighted by Gasteiger charge is -1.66. The zero-order valence-corrected chi connectivity index (χ0v) is 3.70. The maximum atomic E-state index is 8.34. The molecule has 0 saturated heterocycles. The van der Waals surface area contributed by atoms with E-state index in [1.807, 2.05) is 0 Å². The number of hydrogen-bond donors (Lipinski definition) is 1. The minimum atomic E-state index is 0.0556. The third-order valence-electron chi connectivity index (χ3n) is 0.377. The van der Waals surface area contributed by atoms with Crippen LogP contribution in [0.25, 0.3) is 0 Å². The summed E-state index contributed by atoms with van der Waals surface area (Å²) >= 11 is 1.25. The van der Waals surface area contributed by atoms with Gasteiger partial charge in [-0.15, -0.1) is 11.3 Å². The average Bonchev–Trinajstić information content (AvgIpc) is 1.86. The van der Waals surface area contributed by atoms with Crippen LogP contribution in [0.4, 0.5) is 0 Å². The van der Waals surface area contributed by atoms with E-state index >= 15 is 0 Å². The number of aromatic hydroxyl groups is 1. The third-order valence-corrected chi connectivity index (χ3v) is 0.903. The molecule has 0 aromatic carbocycles. The molecule has 0 atom stereocenters. The van der Waals surface area contributed by atoms with Crippen molar-refractivity contribution in [2.45, 2.75) is 0 Å². The van der Waals surface area contributed by atoms with Crippen LogP contribution in [0.5, 0.6) is 5.88 Å². The molecule has 0 unspecified atom stereocenters. The first-order chi connectivity index (χ1) is 2.89. The molecule has 0 saturated carbocycles. The molecule has 6 heavy (non-hydrogen) atoms. The van der Waals surface area contributed by atoms with E-state index in [0.717, 1.165) is 0 Å². The summed E-state index contributed by atoms with van der Waals surface area (Å²) < 4.78 is 0. The number of aromatic nitrogens is 1. The second kappa shape index (κ2) is 1.26. The van der Waals surface area contributed by atoms with Crippen molar-refractivity contribution in [3.05, 3.63) is 10.9 Å². The van der Waals surface area contributed by atoms with Crippen molar-refractivity contribution in [1.82, 2.24) is 4.98 Å². The van der Waals surface area contributed by atoms with Gasteiger partial charge in [0.05, 0.1) is 5.38 Å². The SMILES string of the molecule is Oc1cs[c]n1. The second-order valence-corrected chi connectivity index (χ2v) is 1.45. The molecule has 0 spiro atoms. The van der Waals surface area contributed by atoms with E-state index in [9.17, 15) is 0 Å². The van der Waals surface area contributed by atoms with Crippen molar-refractivity contribution >= 4 is 11.3 Å². The zero-order valence-electron chi connectivity index (χ0n) is 2.88. The molecule has 1 N–H and O–H groups in total. The monoisotopic (exact) mass is 100.0 g/mol. The van der Waals surface area contributed by atoms with E-state index in [1.54, 1.807) is 0 Å². The lowest BCUT2D eigenvalue weighted by Crippen LogP contribution is -1.52. The molecule has 31 valence electrons. The van der Waals surface area contributed by atoms with Gasteiger partial charge >= 0.3 is 0 Å². The fourth-order valence-electron chi connectivity index (χ4n) is 0.179. The fraction of sp³-hybridized carbons (Fsp3) is 0. The maximum Gasteiger partial charge on any atom is 0.222 e. The highest BCUT2D eigenvalue weighted by Crippen LogP contribution is 2.04. The summed E-state index contributed by atoms with van der Waals surface area (Å²) in [6.45, 7) is 0. The van der Waals surface area contributed by atoms with Crippen LogP contribution in [-0.4, -0.2) is 10.1 Å². The van der Waals surface area contributed by atoms with Gasteiger partial charge in [-0.05, 0) is 0 Å². The number of nitrogens with zero attached hydrogens (tertiary/aromatic N) is 1. The van der Waals surface area contributed by atoms with Crippen LogP contribution >= 0.6 is 11.3 Å². The van der Waals surface area contributed by atoms with Crippen molar-refractivity contribution in [2.24, 2.45) is 0 Å². The average molecular weight is 100 g/mol. The van der Waals surface area contributed by atoms with Gasteiger partial charge in [-0.1, -0.05) is 0 Å². The lowest BCUT2D eigenvalue weighted by atomic mass is 10.9. The number of rotatable bonds is 0. The number of thiazole rings is 1. The van der Waals surface area contributed by atoms with E-state index in [-0.39, 0.29) is 5.88 Å². The van der Waals surface area contributed by atoms with E-state index in [4.69, 9.17) is 5.11 Å². The van der Waals surface area contributed by atoms with Gasteiger partial charge < -0.3 is 5.11 Å². The van der Waals surface area contributed by atoms with Gasteiger partial charge in [-0.3, -0.25) is 0 Å². The lowest BCUT2D eigenvalue weighted by molar-refractivity contribution is 0.457. The van der Waals surface area contributed by atoms with E-state index in [1.165, 1.54) is 16.7 Å². The molecular weight excluding hydrogens is 98.1 g/mol.